The largest absolute Gasteiger partial charge is 0.479 e. The Kier molecular flexibility index (Phi) is 6.19. The molecule has 0 heterocycles. The molecule has 0 rings (SSSR count). The Bertz CT molecular complexity index is 299. The zero-order chi connectivity index (χ0) is 13.5. The first-order chi connectivity index (χ1) is 7.79. The third-order valence-electron chi connectivity index (χ3n) is 1.95. The molecule has 0 aliphatic heterocycles. The molecule has 0 bridgehead atoms. The van der Waals surface area contributed by atoms with Crippen LogP contribution >= 0.6 is 0 Å². The minimum atomic E-state index is -2.01. The zero-order valence-electron chi connectivity index (χ0n) is 9.86. The van der Waals surface area contributed by atoms with Gasteiger partial charge in [-0.1, -0.05) is 0 Å². The second-order valence-electron chi connectivity index (χ2n) is 3.66. The molecule has 1 unspecified atom stereocenters. The fourth-order valence-corrected chi connectivity index (χ4v) is 0.883. The Morgan fingerprint density at radius 1 is 1.29 bits per heavy atom. The standard InChI is InChI=1S/C10H17NO6/c1-3-17-8(13)5-4-7(12)11-6-10(2,16)9(14)15/h16H,3-6H2,1-2H3,(H,11,12)(H,14,15). The molecule has 7 heteroatoms. The van der Waals surface area contributed by atoms with Crippen LogP contribution in [-0.4, -0.2) is 46.8 Å². The van der Waals surface area contributed by atoms with Crippen LogP contribution in [0.2, 0.25) is 0 Å². The maximum atomic E-state index is 11.2. The molecule has 98 valence electrons. The lowest BCUT2D eigenvalue weighted by atomic mass is 10.1. The topological polar surface area (TPSA) is 113 Å². The summed E-state index contributed by atoms with van der Waals surface area (Å²) in [7, 11) is 0. The van der Waals surface area contributed by atoms with E-state index in [1.54, 1.807) is 6.92 Å². The third-order valence-corrected chi connectivity index (χ3v) is 1.95. The van der Waals surface area contributed by atoms with Gasteiger partial charge in [-0.2, -0.15) is 0 Å². The Morgan fingerprint density at radius 3 is 2.35 bits per heavy atom. The highest BCUT2D eigenvalue weighted by Gasteiger charge is 2.30. The lowest BCUT2D eigenvalue weighted by molar-refractivity contribution is -0.156. The van der Waals surface area contributed by atoms with Crippen LogP contribution in [0.5, 0.6) is 0 Å². The molecule has 1 atom stereocenters. The van der Waals surface area contributed by atoms with Gasteiger partial charge < -0.3 is 20.3 Å². The van der Waals surface area contributed by atoms with Gasteiger partial charge in [-0.3, -0.25) is 9.59 Å². The van der Waals surface area contributed by atoms with E-state index in [1.165, 1.54) is 0 Å². The Balaban J connectivity index is 3.88. The molecule has 0 aliphatic rings. The van der Waals surface area contributed by atoms with E-state index >= 15 is 0 Å². The molecule has 0 aromatic carbocycles. The van der Waals surface area contributed by atoms with Crippen molar-refractivity contribution in [2.45, 2.75) is 32.3 Å². The van der Waals surface area contributed by atoms with Gasteiger partial charge in [-0.15, -0.1) is 0 Å². The third kappa shape index (κ3) is 6.52. The monoisotopic (exact) mass is 247 g/mol. The molecule has 0 spiro atoms. The number of hydrogen-bond acceptors (Lipinski definition) is 5. The van der Waals surface area contributed by atoms with Gasteiger partial charge in [-0.25, -0.2) is 4.79 Å². The van der Waals surface area contributed by atoms with E-state index in [-0.39, 0.29) is 19.4 Å². The van der Waals surface area contributed by atoms with Gasteiger partial charge in [0.05, 0.1) is 19.6 Å². The highest BCUT2D eigenvalue weighted by molar-refractivity contribution is 5.82. The number of carboxylic acid groups (broad SMARTS) is 1. The summed E-state index contributed by atoms with van der Waals surface area (Å²) < 4.78 is 4.61. The number of aliphatic carboxylic acids is 1. The molecule has 17 heavy (non-hydrogen) atoms. The predicted molar refractivity (Wildman–Crippen MR) is 57.1 cm³/mol. The van der Waals surface area contributed by atoms with Crippen LogP contribution in [0.25, 0.3) is 0 Å². The molecule has 0 aliphatic carbocycles. The Labute approximate surface area is 98.8 Å². The van der Waals surface area contributed by atoms with E-state index in [0.717, 1.165) is 6.92 Å². The number of esters is 1. The van der Waals surface area contributed by atoms with Crippen LogP contribution in [0, 0.1) is 0 Å². The van der Waals surface area contributed by atoms with Crippen LogP contribution < -0.4 is 5.32 Å². The fourth-order valence-electron chi connectivity index (χ4n) is 0.883. The van der Waals surface area contributed by atoms with Gasteiger partial charge >= 0.3 is 11.9 Å². The van der Waals surface area contributed by atoms with Crippen LogP contribution in [0.3, 0.4) is 0 Å². The van der Waals surface area contributed by atoms with Crippen LogP contribution in [0.15, 0.2) is 0 Å². The van der Waals surface area contributed by atoms with Crippen molar-refractivity contribution in [2.75, 3.05) is 13.2 Å². The van der Waals surface area contributed by atoms with Crippen molar-refractivity contribution < 1.29 is 29.3 Å². The molecule has 0 saturated heterocycles. The summed E-state index contributed by atoms with van der Waals surface area (Å²) >= 11 is 0. The maximum absolute atomic E-state index is 11.2. The minimum absolute atomic E-state index is 0.0745. The summed E-state index contributed by atoms with van der Waals surface area (Å²) in [6, 6.07) is 0. The van der Waals surface area contributed by atoms with Gasteiger partial charge in [0.1, 0.15) is 0 Å². The van der Waals surface area contributed by atoms with Crippen molar-refractivity contribution in [1.29, 1.82) is 0 Å². The highest BCUT2D eigenvalue weighted by atomic mass is 16.5. The van der Waals surface area contributed by atoms with Crippen LogP contribution in [0.1, 0.15) is 26.7 Å². The van der Waals surface area contributed by atoms with Crippen molar-refractivity contribution in [3.63, 3.8) is 0 Å². The molecule has 0 saturated carbocycles. The SMILES string of the molecule is CCOC(=O)CCC(=O)NCC(C)(O)C(=O)O. The molecule has 0 aromatic rings. The number of hydrogen-bond donors (Lipinski definition) is 3. The predicted octanol–water partition coefficient (Wildman–Crippen LogP) is -0.718. The van der Waals surface area contributed by atoms with Crippen molar-refractivity contribution >= 4 is 17.8 Å². The summed E-state index contributed by atoms with van der Waals surface area (Å²) in [5.41, 5.74) is -2.01. The molecule has 0 aromatic heterocycles. The minimum Gasteiger partial charge on any atom is -0.479 e. The van der Waals surface area contributed by atoms with Gasteiger partial charge in [0, 0.05) is 6.42 Å². The number of ether oxygens (including phenoxy) is 1. The maximum Gasteiger partial charge on any atom is 0.337 e. The van der Waals surface area contributed by atoms with Gasteiger partial charge in [0.15, 0.2) is 5.60 Å². The number of rotatable bonds is 7. The summed E-state index contributed by atoms with van der Waals surface area (Å²) in [4.78, 5) is 32.6. The van der Waals surface area contributed by atoms with Crippen LogP contribution in [-0.2, 0) is 19.1 Å². The van der Waals surface area contributed by atoms with Gasteiger partial charge in [0.25, 0.3) is 0 Å². The van der Waals surface area contributed by atoms with E-state index < -0.39 is 30.0 Å². The zero-order valence-corrected chi connectivity index (χ0v) is 9.86. The Hall–Kier alpha value is -1.63. The highest BCUT2D eigenvalue weighted by Crippen LogP contribution is 2.01. The summed E-state index contributed by atoms with van der Waals surface area (Å²) in [5.74, 6) is -2.43. The average molecular weight is 247 g/mol. The summed E-state index contributed by atoms with van der Waals surface area (Å²) in [6.45, 7) is 2.56. The van der Waals surface area contributed by atoms with E-state index in [4.69, 9.17) is 5.11 Å². The van der Waals surface area contributed by atoms with Crippen molar-refractivity contribution in [1.82, 2.24) is 5.32 Å². The first-order valence-electron chi connectivity index (χ1n) is 5.17. The first-order valence-corrected chi connectivity index (χ1v) is 5.17. The molecule has 0 fully saturated rings. The van der Waals surface area contributed by atoms with E-state index in [0.29, 0.717) is 0 Å². The second kappa shape index (κ2) is 6.85. The molecule has 3 N–H and O–H groups in total. The number of aliphatic hydroxyl groups is 1. The normalized spacial score (nSPS) is 13.6. The number of nitrogens with one attached hydrogen (secondary N) is 1. The van der Waals surface area contributed by atoms with Gasteiger partial charge in [0.2, 0.25) is 5.91 Å². The number of carbonyl (C=O) groups is 3. The molecule has 1 amide bonds. The molecular formula is C10H17NO6. The van der Waals surface area contributed by atoms with Crippen molar-refractivity contribution in [3.05, 3.63) is 0 Å². The molecular weight excluding hydrogens is 230 g/mol. The fraction of sp³-hybridized carbons (Fsp3) is 0.700. The number of carboxylic acids is 1. The van der Waals surface area contributed by atoms with Gasteiger partial charge in [-0.05, 0) is 13.8 Å². The average Bonchev–Trinajstić information content (AvgIpc) is 2.24. The van der Waals surface area contributed by atoms with Crippen molar-refractivity contribution in [2.24, 2.45) is 0 Å². The second-order valence-corrected chi connectivity index (χ2v) is 3.66. The summed E-state index contributed by atoms with van der Waals surface area (Å²) in [6.07, 6.45) is -0.177. The first kappa shape index (κ1) is 15.4. The smallest absolute Gasteiger partial charge is 0.337 e. The number of carbonyl (C=O) groups excluding carboxylic acids is 2. The van der Waals surface area contributed by atoms with E-state index in [1.807, 2.05) is 0 Å². The van der Waals surface area contributed by atoms with E-state index in [9.17, 15) is 19.5 Å². The van der Waals surface area contributed by atoms with Crippen LogP contribution in [0.4, 0.5) is 0 Å². The summed E-state index contributed by atoms with van der Waals surface area (Å²) in [5, 5.41) is 20.1. The molecule has 7 nitrogen and oxygen atoms in total. The lowest BCUT2D eigenvalue weighted by Crippen LogP contribution is -2.46. The number of amides is 1. The Morgan fingerprint density at radius 2 is 1.88 bits per heavy atom. The van der Waals surface area contributed by atoms with Crippen molar-refractivity contribution in [3.8, 4) is 0 Å². The lowest BCUT2D eigenvalue weighted by Gasteiger charge is -2.18. The quantitative estimate of drug-likeness (QED) is 0.512. The molecule has 0 radical (unpaired) electrons. The van der Waals surface area contributed by atoms with E-state index in [2.05, 4.69) is 10.1 Å².